The summed E-state index contributed by atoms with van der Waals surface area (Å²) in [7, 11) is 4.71. The Labute approximate surface area is 313 Å². The molecule has 4 aliphatic rings. The van der Waals surface area contributed by atoms with Gasteiger partial charge in [0.1, 0.15) is 23.0 Å². The summed E-state index contributed by atoms with van der Waals surface area (Å²) in [5, 5.41) is 11.4. The molecule has 0 radical (unpaired) electrons. The summed E-state index contributed by atoms with van der Waals surface area (Å²) < 4.78 is 16.2. The van der Waals surface area contributed by atoms with E-state index in [1.807, 2.05) is 54.6 Å². The summed E-state index contributed by atoms with van der Waals surface area (Å²) in [5.74, 6) is -2.99. The lowest BCUT2D eigenvalue weighted by Gasteiger charge is -2.49. The number of hydrogen-bond donors (Lipinski definition) is 1. The Morgan fingerprint density at radius 1 is 0.722 bits per heavy atom. The summed E-state index contributed by atoms with van der Waals surface area (Å²) in [6.45, 7) is 1.80. The molecule has 0 spiro atoms. The Balaban J connectivity index is 1.14. The number of fused-ring (bicyclic) bond motifs is 4. The summed E-state index contributed by atoms with van der Waals surface area (Å²) in [6.07, 6.45) is 6.30. The van der Waals surface area contributed by atoms with Gasteiger partial charge >= 0.3 is 0 Å². The highest BCUT2D eigenvalue weighted by atomic mass is 16.5. The maximum absolute atomic E-state index is 14.6. The molecule has 4 aromatic rings. The lowest BCUT2D eigenvalue weighted by Crippen LogP contribution is -2.48. The molecule has 2 saturated heterocycles. The summed E-state index contributed by atoms with van der Waals surface area (Å²) >= 11 is 0. The molecule has 1 N–H and O–H groups in total. The van der Waals surface area contributed by atoms with Crippen LogP contribution in [-0.2, 0) is 19.2 Å². The van der Waals surface area contributed by atoms with Crippen molar-refractivity contribution in [3.63, 3.8) is 0 Å². The second-order valence-corrected chi connectivity index (χ2v) is 14.5. The molecule has 2 aliphatic heterocycles. The number of carbonyl (C=O) groups is 4. The zero-order chi connectivity index (χ0) is 37.9. The number of methoxy groups -OCH3 is 3. The van der Waals surface area contributed by atoms with Crippen LogP contribution in [0.25, 0.3) is 12.2 Å². The number of ether oxygens (including phenoxy) is 3. The molecule has 4 amide bonds. The van der Waals surface area contributed by atoms with Crippen LogP contribution in [0.4, 0.5) is 11.4 Å². The first-order valence-electron chi connectivity index (χ1n) is 18.0. The molecule has 8 rings (SSSR count). The number of rotatable bonds is 8. The van der Waals surface area contributed by atoms with E-state index in [4.69, 9.17) is 14.2 Å². The SMILES string of the molecule is COc1ccc([C@H]2C3=CC[C@@H]4C(=O)N(c5ccc(C=Cc6cc(OC)ccc6OC)cc5)C(=O)[C@@H]4[C@@H]3C[C@H]3C(=O)N(c4ccccc4)C(=O)[C@@]23C)c(O)c1. The second kappa shape index (κ2) is 13.4. The number of carbonyl (C=O) groups excluding carboxylic acids is 4. The third-order valence-electron chi connectivity index (χ3n) is 11.9. The lowest BCUT2D eigenvalue weighted by molar-refractivity contribution is -0.131. The molecule has 2 aliphatic carbocycles. The maximum Gasteiger partial charge on any atom is 0.241 e. The number of nitrogens with zero attached hydrogens (tertiary/aromatic N) is 2. The fourth-order valence-corrected chi connectivity index (χ4v) is 9.22. The minimum Gasteiger partial charge on any atom is -0.508 e. The van der Waals surface area contributed by atoms with Crippen LogP contribution in [0, 0.1) is 29.1 Å². The first kappa shape index (κ1) is 34.9. The van der Waals surface area contributed by atoms with Crippen LogP contribution < -0.4 is 24.0 Å². The summed E-state index contributed by atoms with van der Waals surface area (Å²) in [5.41, 5.74) is 2.61. The Kier molecular flexibility index (Phi) is 8.63. The van der Waals surface area contributed by atoms with Crippen molar-refractivity contribution in [2.45, 2.75) is 25.7 Å². The lowest BCUT2D eigenvalue weighted by atomic mass is 9.51. The molecule has 1 saturated carbocycles. The van der Waals surface area contributed by atoms with Crippen LogP contribution in [0.1, 0.15) is 42.4 Å². The minimum absolute atomic E-state index is 0.0733. The number of benzene rings is 4. The molecule has 10 nitrogen and oxygen atoms in total. The number of allylic oxidation sites excluding steroid dienone is 2. The third kappa shape index (κ3) is 5.30. The topological polar surface area (TPSA) is 123 Å². The maximum atomic E-state index is 14.6. The van der Waals surface area contributed by atoms with Crippen LogP contribution >= 0.6 is 0 Å². The fraction of sp³-hybridized carbons (Fsp3) is 0.273. The molecule has 3 fully saturated rings. The average molecular weight is 725 g/mol. The quantitative estimate of drug-likeness (QED) is 0.117. The fourth-order valence-electron chi connectivity index (χ4n) is 9.22. The van der Waals surface area contributed by atoms with Gasteiger partial charge in [-0.15, -0.1) is 0 Å². The predicted molar refractivity (Wildman–Crippen MR) is 203 cm³/mol. The zero-order valence-corrected chi connectivity index (χ0v) is 30.4. The minimum atomic E-state index is -1.27. The number of phenolic OH excluding ortho intramolecular Hbond substituents is 1. The number of para-hydroxylation sites is 1. The Morgan fingerprint density at radius 2 is 1.41 bits per heavy atom. The highest BCUT2D eigenvalue weighted by Gasteiger charge is 2.68. The summed E-state index contributed by atoms with van der Waals surface area (Å²) in [6, 6.07) is 26.5. The van der Waals surface area contributed by atoms with Gasteiger partial charge in [0.2, 0.25) is 23.6 Å². The van der Waals surface area contributed by atoms with Crippen molar-refractivity contribution < 1.29 is 38.5 Å². The van der Waals surface area contributed by atoms with Gasteiger partial charge in [0.25, 0.3) is 0 Å². The van der Waals surface area contributed by atoms with Gasteiger partial charge in [0, 0.05) is 23.1 Å². The van der Waals surface area contributed by atoms with Crippen LogP contribution in [0.2, 0.25) is 0 Å². The molecule has 2 heterocycles. The predicted octanol–water partition coefficient (Wildman–Crippen LogP) is 7.02. The third-order valence-corrected chi connectivity index (χ3v) is 11.9. The first-order valence-corrected chi connectivity index (χ1v) is 18.0. The van der Waals surface area contributed by atoms with Gasteiger partial charge in [-0.3, -0.25) is 24.1 Å². The normalized spacial score (nSPS) is 26.1. The van der Waals surface area contributed by atoms with Crippen molar-refractivity contribution in [2.75, 3.05) is 31.1 Å². The largest absolute Gasteiger partial charge is 0.508 e. The van der Waals surface area contributed by atoms with Crippen molar-refractivity contribution >= 4 is 47.2 Å². The Hall–Kier alpha value is -6.16. The molecule has 10 heteroatoms. The van der Waals surface area contributed by atoms with Crippen molar-refractivity contribution in [3.05, 3.63) is 119 Å². The van der Waals surface area contributed by atoms with Gasteiger partial charge in [0.05, 0.1) is 55.9 Å². The van der Waals surface area contributed by atoms with E-state index in [1.54, 1.807) is 69.7 Å². The summed E-state index contributed by atoms with van der Waals surface area (Å²) in [4.78, 5) is 60.2. The van der Waals surface area contributed by atoms with Crippen molar-refractivity contribution in [2.24, 2.45) is 29.1 Å². The van der Waals surface area contributed by atoms with E-state index in [2.05, 4.69) is 0 Å². The smallest absolute Gasteiger partial charge is 0.241 e. The average Bonchev–Trinajstić information content (AvgIpc) is 3.56. The van der Waals surface area contributed by atoms with E-state index >= 15 is 0 Å². The van der Waals surface area contributed by atoms with Gasteiger partial charge in [-0.1, -0.05) is 60.2 Å². The van der Waals surface area contributed by atoms with Crippen molar-refractivity contribution in [1.29, 1.82) is 0 Å². The van der Waals surface area contributed by atoms with E-state index in [1.165, 1.54) is 23.0 Å². The van der Waals surface area contributed by atoms with E-state index in [0.29, 0.717) is 40.6 Å². The van der Waals surface area contributed by atoms with E-state index < -0.39 is 35.0 Å². The number of phenols is 1. The van der Waals surface area contributed by atoms with Crippen LogP contribution in [0.15, 0.2) is 103 Å². The van der Waals surface area contributed by atoms with Gasteiger partial charge in [-0.05, 0) is 79.8 Å². The van der Waals surface area contributed by atoms with Crippen LogP contribution in [0.5, 0.6) is 23.0 Å². The number of imide groups is 2. The van der Waals surface area contributed by atoms with Crippen molar-refractivity contribution in [3.8, 4) is 23.0 Å². The standard InChI is InChI=1S/C44H40N2O8/c1-44-35(41(49)46(43(44)51)27-8-6-5-7-9-27)24-34-31(39(44)32-18-16-30(53-3)23-36(32)47)19-20-33-38(34)42(50)45(40(33)48)28-14-11-25(12-15-28)10-13-26-22-29(52-2)17-21-37(26)54-4/h5-19,21-23,33-35,38-39,47H,20,24H2,1-4H3/t33-,34+,35-,38-,39+,44+/m0/s1. The Bertz CT molecular complexity index is 2250. The zero-order valence-electron chi connectivity index (χ0n) is 30.4. The van der Waals surface area contributed by atoms with E-state index in [-0.39, 0.29) is 35.8 Å². The monoisotopic (exact) mass is 724 g/mol. The molecule has 274 valence electrons. The van der Waals surface area contributed by atoms with Crippen LogP contribution in [-0.4, -0.2) is 50.1 Å². The van der Waals surface area contributed by atoms with Gasteiger partial charge in [-0.2, -0.15) is 0 Å². The van der Waals surface area contributed by atoms with E-state index in [0.717, 1.165) is 16.7 Å². The van der Waals surface area contributed by atoms with Crippen LogP contribution in [0.3, 0.4) is 0 Å². The molecule has 4 aromatic carbocycles. The number of anilines is 2. The van der Waals surface area contributed by atoms with Crippen molar-refractivity contribution in [1.82, 2.24) is 0 Å². The highest BCUT2D eigenvalue weighted by Crippen LogP contribution is 2.64. The molecular formula is C44H40N2O8. The molecule has 0 unspecified atom stereocenters. The van der Waals surface area contributed by atoms with Gasteiger partial charge in [0.15, 0.2) is 0 Å². The highest BCUT2D eigenvalue weighted by molar-refractivity contribution is 6.25. The molecule has 0 aromatic heterocycles. The second-order valence-electron chi connectivity index (χ2n) is 14.5. The van der Waals surface area contributed by atoms with Gasteiger partial charge in [-0.25, -0.2) is 4.90 Å². The Morgan fingerprint density at radius 3 is 2.09 bits per heavy atom. The van der Waals surface area contributed by atoms with E-state index in [9.17, 15) is 24.3 Å². The van der Waals surface area contributed by atoms with Gasteiger partial charge < -0.3 is 19.3 Å². The molecule has 6 atom stereocenters. The molecule has 0 bridgehead atoms. The molecule has 54 heavy (non-hydrogen) atoms. The number of amides is 4. The number of hydrogen-bond acceptors (Lipinski definition) is 8. The number of aromatic hydroxyl groups is 1. The molecular weight excluding hydrogens is 684 g/mol. The first-order chi connectivity index (χ1) is 26.1.